The third kappa shape index (κ3) is 5.25. The molecule has 0 saturated heterocycles. The normalized spacial score (nSPS) is 14.6. The molecule has 0 spiro atoms. The summed E-state index contributed by atoms with van der Waals surface area (Å²) in [6.07, 6.45) is 9.61. The molecule has 2 aliphatic rings. The van der Waals surface area contributed by atoms with Crippen molar-refractivity contribution < 1.29 is 45.2 Å². The number of rotatable bonds is 5. The SMILES string of the molecule is CN(C)c1ccc2c(c1)[CH]([Zr+2]([CH]1C=CC=C1)=[Si](c1ccccc1)c1ccccc1)c1ccccc1-2.[Cl-].[Cl-]. The van der Waals surface area contributed by atoms with Crippen LogP contribution in [0.5, 0.6) is 0 Å². The maximum atomic E-state index is 2.52. The number of hydrogen-bond acceptors (Lipinski definition) is 1. The fourth-order valence-corrected chi connectivity index (χ4v) is 28.6. The van der Waals surface area contributed by atoms with Gasteiger partial charge in [-0.25, -0.2) is 0 Å². The summed E-state index contributed by atoms with van der Waals surface area (Å²) in [5, 5.41) is 3.14. The summed E-state index contributed by atoms with van der Waals surface area (Å²) in [6.45, 7) is 0. The monoisotopic (exact) mass is 615 g/mol. The Hall–Kier alpha value is -2.16. The summed E-state index contributed by atoms with van der Waals surface area (Å²) in [7, 11) is 4.31. The van der Waals surface area contributed by atoms with Crippen molar-refractivity contribution >= 4 is 21.5 Å². The number of anilines is 1. The smallest absolute Gasteiger partial charge is 1.00 e. The Labute approximate surface area is 241 Å². The second-order valence-electron chi connectivity index (χ2n) is 9.54. The number of fused-ring (bicyclic) bond motifs is 3. The largest absolute Gasteiger partial charge is 1.00 e. The third-order valence-corrected chi connectivity index (χ3v) is 27.6. The molecule has 0 saturated carbocycles. The molecule has 2 aliphatic carbocycles. The predicted molar refractivity (Wildman–Crippen MR) is 148 cm³/mol. The first kappa shape index (κ1) is 27.9. The van der Waals surface area contributed by atoms with Crippen LogP contribution in [0.15, 0.2) is 127 Å². The first-order valence-electron chi connectivity index (χ1n) is 12.3. The predicted octanol–water partition coefficient (Wildman–Crippen LogP) is 0.169. The number of allylic oxidation sites excluding steroid dienone is 4. The molecule has 6 rings (SSSR count). The molecule has 37 heavy (non-hydrogen) atoms. The van der Waals surface area contributed by atoms with Crippen molar-refractivity contribution in [3.63, 3.8) is 0 Å². The maximum absolute atomic E-state index is 2.52. The van der Waals surface area contributed by atoms with Gasteiger partial charge in [-0.2, -0.15) is 0 Å². The quantitative estimate of drug-likeness (QED) is 0.289. The van der Waals surface area contributed by atoms with Crippen molar-refractivity contribution in [3.05, 3.63) is 139 Å². The summed E-state index contributed by atoms with van der Waals surface area (Å²) in [5.41, 5.74) is 6.39. The van der Waals surface area contributed by atoms with Gasteiger partial charge in [-0.1, -0.05) is 0 Å². The van der Waals surface area contributed by atoms with Gasteiger partial charge in [-0.05, 0) is 0 Å². The Balaban J connectivity index is 0.00000160. The number of nitrogens with zero attached hydrogens (tertiary/aromatic N) is 1. The average molecular weight is 618 g/mol. The van der Waals surface area contributed by atoms with E-state index in [1.165, 1.54) is 16.8 Å². The Kier molecular flexibility index (Phi) is 9.14. The summed E-state index contributed by atoms with van der Waals surface area (Å²) in [6, 6.07) is 39.3. The van der Waals surface area contributed by atoms with Crippen molar-refractivity contribution in [2.45, 2.75) is 7.25 Å². The molecule has 0 fully saturated rings. The van der Waals surface area contributed by atoms with Crippen molar-refractivity contribution in [1.82, 2.24) is 0 Å². The van der Waals surface area contributed by atoms with Gasteiger partial charge < -0.3 is 24.8 Å². The van der Waals surface area contributed by atoms with Gasteiger partial charge >= 0.3 is 218 Å². The Morgan fingerprint density at radius 3 is 1.76 bits per heavy atom. The molecule has 5 heteroatoms. The Bertz CT molecular complexity index is 1430. The molecule has 1 unspecified atom stereocenters. The molecule has 4 aromatic carbocycles. The van der Waals surface area contributed by atoms with Gasteiger partial charge in [0.05, 0.1) is 0 Å². The van der Waals surface area contributed by atoms with Gasteiger partial charge in [0.2, 0.25) is 0 Å². The van der Waals surface area contributed by atoms with Crippen molar-refractivity contribution in [3.8, 4) is 11.1 Å². The van der Waals surface area contributed by atoms with E-state index in [2.05, 4.69) is 146 Å². The first-order valence-corrected chi connectivity index (χ1v) is 20.4. The van der Waals surface area contributed by atoms with Crippen LogP contribution in [0.25, 0.3) is 11.1 Å². The standard InChI is InChI=1S/C15H14N.C12H10Si.C5H5.2ClH.Zr/c1-16(2)13-7-8-15-12(10-13)9-11-5-3-4-6-14(11)15;1-3-7-11(8-4-1)13-12-9-5-2-6-10-12;1-2-4-5-3-1;;;/h3-10H,1-2H3;1-10H;1-5H;2*1H;/q;;;;;+2/p-2. The molecular weight excluding hydrogens is 589 g/mol. The van der Waals surface area contributed by atoms with Crippen LogP contribution in [0.1, 0.15) is 14.8 Å². The van der Waals surface area contributed by atoms with E-state index in [0.717, 1.165) is 0 Å². The minimum atomic E-state index is -2.34. The zero-order valence-corrected chi connectivity index (χ0v) is 26.0. The molecule has 0 amide bonds. The van der Waals surface area contributed by atoms with Gasteiger partial charge in [0.15, 0.2) is 0 Å². The fourth-order valence-electron chi connectivity index (χ4n) is 5.66. The first-order chi connectivity index (χ1) is 17.2. The molecule has 0 aromatic heterocycles. The second kappa shape index (κ2) is 12.1. The van der Waals surface area contributed by atoms with Crippen LogP contribution >= 0.6 is 0 Å². The minimum absolute atomic E-state index is 0. The third-order valence-electron chi connectivity index (χ3n) is 7.26. The summed E-state index contributed by atoms with van der Waals surface area (Å²) in [4.78, 5) is 2.25. The summed E-state index contributed by atoms with van der Waals surface area (Å²) in [5.74, 6) is 0. The van der Waals surface area contributed by atoms with E-state index in [9.17, 15) is 0 Å². The second-order valence-corrected chi connectivity index (χ2v) is 23.8. The molecule has 0 N–H and O–H groups in total. The van der Waals surface area contributed by atoms with Gasteiger partial charge in [-0.3, -0.25) is 0 Å². The molecule has 4 aromatic rings. The molecule has 0 aliphatic heterocycles. The summed E-state index contributed by atoms with van der Waals surface area (Å²) < 4.78 is 1.13. The molecule has 0 bridgehead atoms. The molecule has 1 atom stereocenters. The zero-order valence-electron chi connectivity index (χ0n) is 21.0. The van der Waals surface area contributed by atoms with E-state index in [4.69, 9.17) is 0 Å². The van der Waals surface area contributed by atoms with Gasteiger partial charge in [0.1, 0.15) is 0 Å². The van der Waals surface area contributed by atoms with E-state index >= 15 is 0 Å². The van der Waals surface area contributed by atoms with Gasteiger partial charge in [-0.15, -0.1) is 0 Å². The van der Waals surface area contributed by atoms with Crippen molar-refractivity contribution in [2.24, 2.45) is 0 Å². The van der Waals surface area contributed by atoms with Crippen LogP contribution < -0.4 is 40.1 Å². The molecule has 0 radical (unpaired) electrons. The molecular formula is C32H29Cl2NSiZr. The van der Waals surface area contributed by atoms with Crippen molar-refractivity contribution in [1.29, 1.82) is 0 Å². The van der Waals surface area contributed by atoms with Crippen LogP contribution in [0, 0.1) is 0 Å². The van der Waals surface area contributed by atoms with Crippen LogP contribution in [-0.4, -0.2) is 19.5 Å². The minimum Gasteiger partial charge on any atom is -1.00 e. The Morgan fingerprint density at radius 2 is 1.16 bits per heavy atom. The van der Waals surface area contributed by atoms with Gasteiger partial charge in [0, 0.05) is 0 Å². The van der Waals surface area contributed by atoms with E-state index in [1.54, 1.807) is 21.5 Å². The van der Waals surface area contributed by atoms with Crippen molar-refractivity contribution in [2.75, 3.05) is 19.0 Å². The zero-order chi connectivity index (χ0) is 23.8. The van der Waals surface area contributed by atoms with Gasteiger partial charge in [0.25, 0.3) is 0 Å². The average Bonchev–Trinajstić information content (AvgIpc) is 3.55. The van der Waals surface area contributed by atoms with E-state index < -0.39 is 25.8 Å². The van der Waals surface area contributed by atoms with E-state index in [-0.39, 0.29) is 24.8 Å². The van der Waals surface area contributed by atoms with E-state index in [1.807, 2.05) is 0 Å². The summed E-state index contributed by atoms with van der Waals surface area (Å²) >= 11 is -2.34. The van der Waals surface area contributed by atoms with Crippen LogP contribution in [0.4, 0.5) is 5.69 Å². The van der Waals surface area contributed by atoms with Crippen LogP contribution in [0.3, 0.4) is 0 Å². The maximum Gasteiger partial charge on any atom is -1.00 e. The number of hydrogen-bond donors (Lipinski definition) is 0. The fraction of sp³-hybridized carbons (Fsp3) is 0.125. The Morgan fingerprint density at radius 1 is 0.622 bits per heavy atom. The topological polar surface area (TPSA) is 3.24 Å². The molecule has 1 nitrogen and oxygen atoms in total. The van der Waals surface area contributed by atoms with Crippen LogP contribution in [-0.2, 0) is 20.4 Å². The molecule has 0 heterocycles. The number of halogens is 2. The van der Waals surface area contributed by atoms with E-state index in [0.29, 0.717) is 7.25 Å². The molecule has 184 valence electrons. The number of benzene rings is 4. The van der Waals surface area contributed by atoms with Crippen LogP contribution in [0.2, 0.25) is 3.63 Å².